The summed E-state index contributed by atoms with van der Waals surface area (Å²) in [6.45, 7) is 4.76. The van der Waals surface area contributed by atoms with Crippen molar-refractivity contribution < 1.29 is 37.1 Å². The summed E-state index contributed by atoms with van der Waals surface area (Å²) in [4.78, 5) is 50.5. The molecule has 0 spiro atoms. The van der Waals surface area contributed by atoms with Crippen LogP contribution in [0.4, 0.5) is 15.5 Å². The molecule has 1 aromatic heterocycles. The molecular weight excluding hydrogens is 534 g/mol. The molecule has 2 aromatic carbocycles. The van der Waals surface area contributed by atoms with Gasteiger partial charge in [-0.05, 0) is 50.6 Å². The van der Waals surface area contributed by atoms with Gasteiger partial charge in [0, 0.05) is 0 Å². The van der Waals surface area contributed by atoms with Crippen LogP contribution >= 0.6 is 11.3 Å². The van der Waals surface area contributed by atoms with Gasteiger partial charge >= 0.3 is 12.1 Å². The first-order valence-electron chi connectivity index (χ1n) is 11.4. The highest BCUT2D eigenvalue weighted by molar-refractivity contribution is 7.92. The lowest BCUT2D eigenvalue weighted by molar-refractivity contribution is 0.0531. The van der Waals surface area contributed by atoms with Gasteiger partial charge in [0.25, 0.3) is 21.8 Å². The third-order valence-electron chi connectivity index (χ3n) is 5.02. The van der Waals surface area contributed by atoms with Crippen LogP contribution in [0.1, 0.15) is 49.8 Å². The van der Waals surface area contributed by atoms with Gasteiger partial charge in [0.1, 0.15) is 9.88 Å². The SMILES string of the molecule is CCOC(=O)NC(=O)c1c(NC(=O)c2ccccc2NS(=O)(=O)c2ccccc2)sc(C(=O)OCC)c1C. The second kappa shape index (κ2) is 12.3. The number of carbonyl (C=O) groups is 4. The Morgan fingerprint density at radius 2 is 1.50 bits per heavy atom. The van der Waals surface area contributed by atoms with Crippen molar-refractivity contribution in [1.29, 1.82) is 0 Å². The Kier molecular flexibility index (Phi) is 9.20. The van der Waals surface area contributed by atoms with E-state index in [0.29, 0.717) is 0 Å². The smallest absolute Gasteiger partial charge is 0.414 e. The Bertz CT molecular complexity index is 1470. The molecule has 0 radical (unpaired) electrons. The lowest BCUT2D eigenvalue weighted by Crippen LogP contribution is -2.32. The van der Waals surface area contributed by atoms with Crippen LogP contribution in [-0.2, 0) is 19.5 Å². The molecule has 3 amide bonds. The first kappa shape index (κ1) is 28.3. The number of carbonyl (C=O) groups excluding carboxylic acids is 4. The molecule has 0 aliphatic heterocycles. The molecule has 0 bridgehead atoms. The van der Waals surface area contributed by atoms with Crippen molar-refractivity contribution in [1.82, 2.24) is 5.32 Å². The van der Waals surface area contributed by atoms with Crippen molar-refractivity contribution in [3.63, 3.8) is 0 Å². The summed E-state index contributed by atoms with van der Waals surface area (Å²) in [5.74, 6) is -2.38. The molecular formula is C25H25N3O8S2. The van der Waals surface area contributed by atoms with Crippen molar-refractivity contribution >= 4 is 55.9 Å². The average Bonchev–Trinajstić information content (AvgIpc) is 3.20. The van der Waals surface area contributed by atoms with Crippen molar-refractivity contribution in [2.75, 3.05) is 23.3 Å². The minimum absolute atomic E-state index is 0.00101. The number of amides is 3. The fourth-order valence-electron chi connectivity index (χ4n) is 3.33. The van der Waals surface area contributed by atoms with Gasteiger partial charge in [0.2, 0.25) is 0 Å². The number of imide groups is 1. The highest BCUT2D eigenvalue weighted by Gasteiger charge is 2.28. The monoisotopic (exact) mass is 559 g/mol. The molecule has 0 atom stereocenters. The predicted molar refractivity (Wildman–Crippen MR) is 141 cm³/mol. The summed E-state index contributed by atoms with van der Waals surface area (Å²) < 4.78 is 37.8. The molecule has 38 heavy (non-hydrogen) atoms. The van der Waals surface area contributed by atoms with E-state index in [2.05, 4.69) is 10.0 Å². The Morgan fingerprint density at radius 1 is 0.868 bits per heavy atom. The third-order valence-corrected chi connectivity index (χ3v) is 7.59. The van der Waals surface area contributed by atoms with Crippen molar-refractivity contribution in [3.8, 4) is 0 Å². The third kappa shape index (κ3) is 6.55. The fourth-order valence-corrected chi connectivity index (χ4v) is 5.53. The summed E-state index contributed by atoms with van der Waals surface area (Å²) in [5.41, 5.74) is -0.0109. The van der Waals surface area contributed by atoms with Crippen LogP contribution in [0, 0.1) is 6.92 Å². The topological polar surface area (TPSA) is 157 Å². The maximum absolute atomic E-state index is 13.3. The normalized spacial score (nSPS) is 10.8. The Hall–Kier alpha value is -4.23. The van der Waals surface area contributed by atoms with Crippen LogP contribution in [-0.4, -0.2) is 45.5 Å². The van der Waals surface area contributed by atoms with Crippen LogP contribution in [0.2, 0.25) is 0 Å². The van der Waals surface area contributed by atoms with Crippen LogP contribution in [0.25, 0.3) is 0 Å². The zero-order chi connectivity index (χ0) is 27.9. The Labute approximate surface area is 223 Å². The molecule has 1 heterocycles. The molecule has 200 valence electrons. The van der Waals surface area contributed by atoms with Crippen molar-refractivity contribution in [2.24, 2.45) is 0 Å². The summed E-state index contributed by atoms with van der Waals surface area (Å²) in [7, 11) is -4.01. The fraction of sp³-hybridized carbons (Fsp3) is 0.200. The summed E-state index contributed by atoms with van der Waals surface area (Å²) in [6, 6.07) is 13.5. The van der Waals surface area contributed by atoms with Crippen LogP contribution in [0.3, 0.4) is 0 Å². The van der Waals surface area contributed by atoms with Crippen molar-refractivity contribution in [3.05, 3.63) is 76.2 Å². The molecule has 0 saturated carbocycles. The molecule has 0 saturated heterocycles. The lowest BCUT2D eigenvalue weighted by Gasteiger charge is -2.13. The number of ether oxygens (including phenoxy) is 2. The number of sulfonamides is 1. The lowest BCUT2D eigenvalue weighted by atomic mass is 10.1. The van der Waals surface area contributed by atoms with E-state index < -0.39 is 33.9 Å². The molecule has 0 aliphatic carbocycles. The molecule has 0 aliphatic rings. The number of thiophene rings is 1. The maximum Gasteiger partial charge on any atom is 0.414 e. The highest BCUT2D eigenvalue weighted by atomic mass is 32.2. The molecule has 3 rings (SSSR count). The van der Waals surface area contributed by atoms with E-state index in [-0.39, 0.29) is 50.4 Å². The van der Waals surface area contributed by atoms with Gasteiger partial charge in [-0.3, -0.25) is 19.6 Å². The number of anilines is 2. The van der Waals surface area contributed by atoms with Crippen LogP contribution in [0.15, 0.2) is 59.5 Å². The van der Waals surface area contributed by atoms with Gasteiger partial charge < -0.3 is 14.8 Å². The van der Waals surface area contributed by atoms with Crippen LogP contribution in [0.5, 0.6) is 0 Å². The number of nitrogens with one attached hydrogen (secondary N) is 3. The molecule has 0 unspecified atom stereocenters. The molecule has 0 fully saturated rings. The molecule has 13 heteroatoms. The number of benzene rings is 2. The quantitative estimate of drug-likeness (QED) is 0.330. The maximum atomic E-state index is 13.3. The first-order valence-corrected chi connectivity index (χ1v) is 13.7. The standard InChI is InChI=1S/C25H25N3O8S2/c1-4-35-24(31)20-15(3)19(22(30)27-25(32)36-5-2)23(37-20)26-21(29)17-13-9-10-14-18(17)28-38(33,34)16-11-7-6-8-12-16/h6-14,28H,4-5H2,1-3H3,(H,26,29)(H,27,30,32). The molecule has 3 aromatic rings. The first-order chi connectivity index (χ1) is 18.1. The molecule has 3 N–H and O–H groups in total. The van der Waals surface area contributed by atoms with E-state index in [1.807, 2.05) is 5.32 Å². The predicted octanol–water partition coefficient (Wildman–Crippen LogP) is 4.17. The number of hydrogen-bond donors (Lipinski definition) is 3. The number of hydrogen-bond acceptors (Lipinski definition) is 9. The van der Waals surface area contributed by atoms with E-state index in [0.717, 1.165) is 11.3 Å². The van der Waals surface area contributed by atoms with Gasteiger partial charge in [-0.2, -0.15) is 0 Å². The summed E-state index contributed by atoms with van der Waals surface area (Å²) in [5, 5.41) is 4.57. The van der Waals surface area contributed by atoms with Crippen LogP contribution < -0.4 is 15.4 Å². The summed E-state index contributed by atoms with van der Waals surface area (Å²) >= 11 is 0.784. The zero-order valence-corrected chi connectivity index (χ0v) is 22.3. The summed E-state index contributed by atoms with van der Waals surface area (Å²) in [6.07, 6.45) is -1.00. The minimum atomic E-state index is -4.01. The Morgan fingerprint density at radius 3 is 2.16 bits per heavy atom. The highest BCUT2D eigenvalue weighted by Crippen LogP contribution is 2.34. The number of para-hydroxylation sites is 1. The second-order valence-corrected chi connectivity index (χ2v) is 10.3. The number of alkyl carbamates (subject to hydrolysis) is 1. The second-order valence-electron chi connectivity index (χ2n) is 7.57. The van der Waals surface area contributed by atoms with Gasteiger partial charge in [-0.1, -0.05) is 30.3 Å². The number of esters is 1. The van der Waals surface area contributed by atoms with E-state index in [1.165, 1.54) is 37.3 Å². The van der Waals surface area contributed by atoms with Gasteiger partial charge in [0.05, 0.1) is 34.9 Å². The molecule has 11 nitrogen and oxygen atoms in total. The van der Waals surface area contributed by atoms with E-state index in [9.17, 15) is 27.6 Å². The van der Waals surface area contributed by atoms with Gasteiger partial charge in [-0.15, -0.1) is 11.3 Å². The largest absolute Gasteiger partial charge is 0.462 e. The van der Waals surface area contributed by atoms with Gasteiger partial charge in [-0.25, -0.2) is 18.0 Å². The van der Waals surface area contributed by atoms with E-state index in [4.69, 9.17) is 9.47 Å². The average molecular weight is 560 g/mol. The van der Waals surface area contributed by atoms with E-state index >= 15 is 0 Å². The zero-order valence-electron chi connectivity index (χ0n) is 20.7. The minimum Gasteiger partial charge on any atom is -0.462 e. The number of rotatable bonds is 9. The Balaban J connectivity index is 1.97. The van der Waals surface area contributed by atoms with E-state index in [1.54, 1.807) is 38.1 Å². The van der Waals surface area contributed by atoms with Gasteiger partial charge in [0.15, 0.2) is 0 Å². The van der Waals surface area contributed by atoms with Crippen molar-refractivity contribution in [2.45, 2.75) is 25.7 Å².